The van der Waals surface area contributed by atoms with Gasteiger partial charge in [0.2, 0.25) is 0 Å². The molecule has 1 amide bonds. The van der Waals surface area contributed by atoms with Crippen molar-refractivity contribution in [2.75, 3.05) is 6.61 Å². The van der Waals surface area contributed by atoms with E-state index in [0.29, 0.717) is 5.56 Å². The molecule has 0 aliphatic rings. The fourth-order valence-corrected chi connectivity index (χ4v) is 1.88. The van der Waals surface area contributed by atoms with E-state index in [1.165, 1.54) is 30.5 Å². The van der Waals surface area contributed by atoms with Gasteiger partial charge in [-0.25, -0.2) is 5.43 Å². The smallest absolute Gasteiger partial charge is 0.311 e. The number of nitrogens with zero attached hydrogens (tertiary/aromatic N) is 2. The number of hydrogen-bond donors (Lipinski definition) is 3. The number of nitro benzene ring substituents is 1. The predicted molar refractivity (Wildman–Crippen MR) is 88.8 cm³/mol. The van der Waals surface area contributed by atoms with Crippen LogP contribution in [-0.4, -0.2) is 33.9 Å². The Balaban J connectivity index is 1.93. The molecule has 2 aromatic carbocycles. The minimum Gasteiger partial charge on any atom is -0.508 e. The van der Waals surface area contributed by atoms with Gasteiger partial charge in [-0.1, -0.05) is 6.07 Å². The third-order valence-electron chi connectivity index (χ3n) is 3.08. The van der Waals surface area contributed by atoms with Gasteiger partial charge in [0.25, 0.3) is 5.91 Å². The molecule has 0 fully saturated rings. The molecule has 0 saturated heterocycles. The number of phenolic OH excluding ortho intramolecular Hbond substituents is 2. The van der Waals surface area contributed by atoms with Crippen molar-refractivity contribution < 1.29 is 24.7 Å². The van der Waals surface area contributed by atoms with Crippen LogP contribution in [0.3, 0.4) is 0 Å². The van der Waals surface area contributed by atoms with E-state index in [1.807, 2.05) is 0 Å². The number of ether oxygens (including phenoxy) is 1. The lowest BCUT2D eigenvalue weighted by atomic mass is 10.2. The number of carbonyl (C=O) groups excluding carboxylic acids is 1. The Morgan fingerprint density at radius 1 is 1.32 bits per heavy atom. The van der Waals surface area contributed by atoms with Crippen LogP contribution in [0.2, 0.25) is 0 Å². The highest BCUT2D eigenvalue weighted by Gasteiger charge is 2.16. The van der Waals surface area contributed by atoms with Crippen molar-refractivity contribution in [1.29, 1.82) is 0 Å². The lowest BCUT2D eigenvalue weighted by molar-refractivity contribution is -0.385. The van der Waals surface area contributed by atoms with Gasteiger partial charge in [-0.3, -0.25) is 14.9 Å². The van der Waals surface area contributed by atoms with Crippen molar-refractivity contribution in [1.82, 2.24) is 5.43 Å². The summed E-state index contributed by atoms with van der Waals surface area (Å²) in [6.07, 6.45) is 1.18. The summed E-state index contributed by atoms with van der Waals surface area (Å²) in [5, 5.41) is 33.3. The number of aryl methyl sites for hydroxylation is 1. The van der Waals surface area contributed by atoms with Crippen molar-refractivity contribution in [3.63, 3.8) is 0 Å². The summed E-state index contributed by atoms with van der Waals surface area (Å²) in [6, 6.07) is 8.28. The number of nitrogens with one attached hydrogen (secondary N) is 1. The minimum atomic E-state index is -0.635. The van der Waals surface area contributed by atoms with Crippen molar-refractivity contribution in [3.8, 4) is 17.2 Å². The number of carbonyl (C=O) groups is 1. The quantitative estimate of drug-likeness (QED) is 0.415. The van der Waals surface area contributed by atoms with E-state index in [4.69, 9.17) is 9.84 Å². The number of hydrazone groups is 1. The molecule has 130 valence electrons. The first-order chi connectivity index (χ1) is 11.9. The van der Waals surface area contributed by atoms with Crippen LogP contribution in [0, 0.1) is 17.0 Å². The molecule has 0 aliphatic carbocycles. The van der Waals surface area contributed by atoms with Crippen molar-refractivity contribution >= 4 is 17.8 Å². The standard InChI is InChI=1S/C16H15N3O6/c1-10-2-5-15(13(6-10)19(23)24)25-9-16(22)18-17-8-11-3-4-12(20)7-14(11)21/h2-8,20-21H,9H2,1H3,(H,18,22)/b17-8-. The molecule has 0 bridgehead atoms. The molecule has 2 aromatic rings. The molecular weight excluding hydrogens is 330 g/mol. The zero-order chi connectivity index (χ0) is 18.4. The van der Waals surface area contributed by atoms with Gasteiger partial charge in [-0.2, -0.15) is 5.10 Å². The van der Waals surface area contributed by atoms with Gasteiger partial charge in [0.15, 0.2) is 12.4 Å². The molecule has 25 heavy (non-hydrogen) atoms. The van der Waals surface area contributed by atoms with Gasteiger partial charge in [0.05, 0.1) is 11.1 Å². The maximum Gasteiger partial charge on any atom is 0.311 e. The number of benzene rings is 2. The molecule has 0 spiro atoms. The number of phenols is 2. The number of hydrogen-bond acceptors (Lipinski definition) is 7. The summed E-state index contributed by atoms with van der Waals surface area (Å²) >= 11 is 0. The second kappa shape index (κ2) is 7.77. The second-order valence-corrected chi connectivity index (χ2v) is 5.05. The first kappa shape index (κ1) is 17.7. The Labute approximate surface area is 142 Å². The monoisotopic (exact) mass is 345 g/mol. The van der Waals surface area contributed by atoms with Gasteiger partial charge in [-0.05, 0) is 30.7 Å². The molecule has 0 unspecified atom stereocenters. The van der Waals surface area contributed by atoms with E-state index in [2.05, 4.69) is 10.5 Å². The van der Waals surface area contributed by atoms with E-state index in [0.717, 1.165) is 6.07 Å². The Bertz CT molecular complexity index is 835. The number of amides is 1. The van der Waals surface area contributed by atoms with Crippen molar-refractivity contribution in [2.24, 2.45) is 5.10 Å². The Hall–Kier alpha value is -3.62. The zero-order valence-electron chi connectivity index (χ0n) is 13.2. The van der Waals surface area contributed by atoms with Gasteiger partial charge in [0.1, 0.15) is 11.5 Å². The maximum atomic E-state index is 11.7. The van der Waals surface area contributed by atoms with Crippen LogP contribution in [0.15, 0.2) is 41.5 Å². The van der Waals surface area contributed by atoms with E-state index in [-0.39, 0.29) is 28.5 Å². The molecule has 2 rings (SSSR count). The predicted octanol–water partition coefficient (Wildman–Crippen LogP) is 1.84. The van der Waals surface area contributed by atoms with Crippen LogP contribution >= 0.6 is 0 Å². The van der Waals surface area contributed by atoms with E-state index in [9.17, 15) is 20.0 Å². The molecule has 0 saturated carbocycles. The largest absolute Gasteiger partial charge is 0.508 e. The summed E-state index contributed by atoms with van der Waals surface area (Å²) in [7, 11) is 0. The van der Waals surface area contributed by atoms with Gasteiger partial charge in [-0.15, -0.1) is 0 Å². The Kier molecular flexibility index (Phi) is 5.51. The highest BCUT2D eigenvalue weighted by molar-refractivity contribution is 5.85. The molecule has 0 radical (unpaired) electrons. The molecule has 0 aromatic heterocycles. The summed E-state index contributed by atoms with van der Waals surface area (Å²) in [4.78, 5) is 22.0. The molecular formula is C16H15N3O6. The summed E-state index contributed by atoms with van der Waals surface area (Å²) in [5.41, 5.74) is 2.92. The highest BCUT2D eigenvalue weighted by atomic mass is 16.6. The van der Waals surface area contributed by atoms with Crippen molar-refractivity contribution in [3.05, 3.63) is 57.6 Å². The number of aromatic hydroxyl groups is 2. The second-order valence-electron chi connectivity index (χ2n) is 5.05. The highest BCUT2D eigenvalue weighted by Crippen LogP contribution is 2.27. The third kappa shape index (κ3) is 4.93. The first-order valence-electron chi connectivity index (χ1n) is 7.08. The van der Waals surface area contributed by atoms with E-state index >= 15 is 0 Å². The summed E-state index contributed by atoms with van der Waals surface area (Å²) in [6.45, 7) is 1.24. The number of nitro groups is 1. The Morgan fingerprint density at radius 3 is 2.76 bits per heavy atom. The number of rotatable bonds is 6. The average Bonchev–Trinajstić information content (AvgIpc) is 2.55. The summed E-state index contributed by atoms with van der Waals surface area (Å²) < 4.78 is 5.15. The molecule has 9 heteroatoms. The molecule has 0 atom stereocenters. The van der Waals surface area contributed by atoms with Gasteiger partial charge in [0, 0.05) is 17.7 Å². The SMILES string of the molecule is Cc1ccc(OCC(=O)N/N=C\c2ccc(O)cc2O)c([N+](=O)[O-])c1. The lowest BCUT2D eigenvalue weighted by Crippen LogP contribution is -2.24. The van der Waals surface area contributed by atoms with Crippen LogP contribution in [0.1, 0.15) is 11.1 Å². The van der Waals surface area contributed by atoms with Gasteiger partial charge < -0.3 is 14.9 Å². The molecule has 0 aliphatic heterocycles. The fraction of sp³-hybridized carbons (Fsp3) is 0.125. The maximum absolute atomic E-state index is 11.7. The summed E-state index contributed by atoms with van der Waals surface area (Å²) in [5.74, 6) is -0.966. The van der Waals surface area contributed by atoms with E-state index in [1.54, 1.807) is 13.0 Å². The fourth-order valence-electron chi connectivity index (χ4n) is 1.88. The topological polar surface area (TPSA) is 134 Å². The zero-order valence-corrected chi connectivity index (χ0v) is 13.2. The van der Waals surface area contributed by atoms with Crippen LogP contribution in [0.5, 0.6) is 17.2 Å². The lowest BCUT2D eigenvalue weighted by Gasteiger charge is -2.06. The van der Waals surface area contributed by atoms with Crippen LogP contribution < -0.4 is 10.2 Å². The van der Waals surface area contributed by atoms with Crippen molar-refractivity contribution in [2.45, 2.75) is 6.92 Å². The molecule has 0 heterocycles. The van der Waals surface area contributed by atoms with Gasteiger partial charge >= 0.3 is 5.69 Å². The first-order valence-corrected chi connectivity index (χ1v) is 7.08. The minimum absolute atomic E-state index is 0.0223. The Morgan fingerprint density at radius 2 is 2.08 bits per heavy atom. The molecule has 3 N–H and O–H groups in total. The van der Waals surface area contributed by atoms with Crippen LogP contribution in [-0.2, 0) is 4.79 Å². The van der Waals surface area contributed by atoms with E-state index < -0.39 is 17.4 Å². The molecule has 9 nitrogen and oxygen atoms in total. The van der Waals surface area contributed by atoms with Crippen LogP contribution in [0.4, 0.5) is 5.69 Å². The average molecular weight is 345 g/mol. The normalized spacial score (nSPS) is 10.6. The van der Waals surface area contributed by atoms with Crippen LogP contribution in [0.25, 0.3) is 0 Å². The third-order valence-corrected chi connectivity index (χ3v) is 3.08.